The Kier molecular flexibility index (Phi) is 4.82. The molecule has 21 heavy (non-hydrogen) atoms. The molecule has 3 rings (SSSR count). The van der Waals surface area contributed by atoms with Gasteiger partial charge in [0.1, 0.15) is 5.54 Å². The van der Waals surface area contributed by atoms with Gasteiger partial charge < -0.3 is 14.2 Å². The highest BCUT2D eigenvalue weighted by Crippen LogP contribution is 2.42. The summed E-state index contributed by atoms with van der Waals surface area (Å²) >= 11 is 0. The van der Waals surface area contributed by atoms with Gasteiger partial charge in [-0.25, -0.2) is 4.79 Å². The first-order valence-corrected chi connectivity index (χ1v) is 8.35. The maximum atomic E-state index is 12.5. The minimum absolute atomic E-state index is 0.123. The Bertz CT molecular complexity index is 361. The van der Waals surface area contributed by atoms with Gasteiger partial charge >= 0.3 is 5.97 Å². The fourth-order valence-electron chi connectivity index (χ4n) is 3.09. The van der Waals surface area contributed by atoms with E-state index in [1.54, 1.807) is 0 Å². The van der Waals surface area contributed by atoms with Crippen LogP contribution in [0, 0.1) is 11.8 Å². The molecular formula is C16H27NO4. The summed E-state index contributed by atoms with van der Waals surface area (Å²) in [5.41, 5.74) is -0.614. The molecule has 120 valence electrons. The Balaban J connectivity index is 1.60. The molecular weight excluding hydrogens is 270 g/mol. The molecule has 0 spiro atoms. The van der Waals surface area contributed by atoms with E-state index >= 15 is 0 Å². The predicted octanol–water partition coefficient (Wildman–Crippen LogP) is 1.50. The second-order valence-electron chi connectivity index (χ2n) is 6.63. The van der Waals surface area contributed by atoms with Gasteiger partial charge in [0.15, 0.2) is 0 Å². The van der Waals surface area contributed by atoms with Crippen molar-refractivity contribution in [1.82, 2.24) is 5.32 Å². The van der Waals surface area contributed by atoms with Gasteiger partial charge in [-0.15, -0.1) is 0 Å². The Morgan fingerprint density at radius 2 is 2.10 bits per heavy atom. The van der Waals surface area contributed by atoms with Crippen molar-refractivity contribution >= 4 is 5.97 Å². The van der Waals surface area contributed by atoms with Gasteiger partial charge in [0, 0.05) is 18.6 Å². The molecule has 0 amide bonds. The van der Waals surface area contributed by atoms with Gasteiger partial charge in [-0.2, -0.15) is 0 Å². The third-order valence-corrected chi connectivity index (χ3v) is 4.66. The van der Waals surface area contributed by atoms with Gasteiger partial charge in [-0.3, -0.25) is 5.32 Å². The molecule has 0 bridgehead atoms. The second-order valence-corrected chi connectivity index (χ2v) is 6.63. The van der Waals surface area contributed by atoms with Crippen LogP contribution in [-0.4, -0.2) is 50.6 Å². The topological polar surface area (TPSA) is 56.8 Å². The highest BCUT2D eigenvalue weighted by Gasteiger charge is 2.54. The van der Waals surface area contributed by atoms with Crippen LogP contribution in [0.2, 0.25) is 0 Å². The molecule has 0 aromatic rings. The molecule has 2 atom stereocenters. The fourth-order valence-corrected chi connectivity index (χ4v) is 3.09. The van der Waals surface area contributed by atoms with Crippen molar-refractivity contribution in [1.29, 1.82) is 0 Å². The zero-order valence-electron chi connectivity index (χ0n) is 12.9. The lowest BCUT2D eigenvalue weighted by Crippen LogP contribution is -2.59. The van der Waals surface area contributed by atoms with Crippen molar-refractivity contribution in [2.24, 2.45) is 11.8 Å². The summed E-state index contributed by atoms with van der Waals surface area (Å²) in [7, 11) is 0. The molecule has 1 aliphatic heterocycles. The van der Waals surface area contributed by atoms with Crippen LogP contribution in [0.5, 0.6) is 0 Å². The minimum atomic E-state index is -0.614. The third kappa shape index (κ3) is 3.76. The lowest BCUT2D eigenvalue weighted by molar-refractivity contribution is -0.156. The first kappa shape index (κ1) is 15.3. The number of carbonyl (C=O) groups excluding carboxylic acids is 1. The van der Waals surface area contributed by atoms with Crippen molar-refractivity contribution in [2.45, 2.75) is 50.6 Å². The Labute approximate surface area is 126 Å². The van der Waals surface area contributed by atoms with Crippen LogP contribution in [0.25, 0.3) is 0 Å². The quantitative estimate of drug-likeness (QED) is 0.654. The molecule has 2 unspecified atom stereocenters. The predicted molar refractivity (Wildman–Crippen MR) is 78.0 cm³/mol. The van der Waals surface area contributed by atoms with Crippen molar-refractivity contribution in [3.8, 4) is 0 Å². The van der Waals surface area contributed by atoms with Gasteiger partial charge in [0.25, 0.3) is 0 Å². The summed E-state index contributed by atoms with van der Waals surface area (Å²) in [4.78, 5) is 12.5. The van der Waals surface area contributed by atoms with Crippen LogP contribution < -0.4 is 5.32 Å². The van der Waals surface area contributed by atoms with Crippen LogP contribution in [0.4, 0.5) is 0 Å². The summed E-state index contributed by atoms with van der Waals surface area (Å²) in [6.07, 6.45) is 5.56. The second kappa shape index (κ2) is 6.63. The van der Waals surface area contributed by atoms with E-state index in [1.807, 2.05) is 6.92 Å². The maximum Gasteiger partial charge on any atom is 0.329 e. The van der Waals surface area contributed by atoms with Gasteiger partial charge in [0.05, 0.1) is 26.4 Å². The number of carbonyl (C=O) groups is 1. The Morgan fingerprint density at radius 1 is 1.29 bits per heavy atom. The average molecular weight is 297 g/mol. The lowest BCUT2D eigenvalue weighted by Gasteiger charge is -2.33. The van der Waals surface area contributed by atoms with Crippen LogP contribution in [0.1, 0.15) is 39.0 Å². The zero-order chi connectivity index (χ0) is 14.7. The monoisotopic (exact) mass is 297 g/mol. The van der Waals surface area contributed by atoms with E-state index in [0.717, 1.165) is 45.3 Å². The molecule has 2 aliphatic carbocycles. The molecule has 0 radical (unpaired) electrons. The molecule has 0 aromatic carbocycles. The molecule has 5 nitrogen and oxygen atoms in total. The number of rotatable bonds is 9. The maximum absolute atomic E-state index is 12.5. The normalized spacial score (nSPS) is 28.3. The molecule has 2 saturated carbocycles. The molecule has 1 N–H and O–H groups in total. The van der Waals surface area contributed by atoms with E-state index in [0.29, 0.717) is 37.7 Å². The van der Waals surface area contributed by atoms with Crippen molar-refractivity contribution < 1.29 is 19.0 Å². The van der Waals surface area contributed by atoms with Crippen molar-refractivity contribution in [2.75, 3.05) is 33.0 Å². The van der Waals surface area contributed by atoms with Gasteiger partial charge in [-0.05, 0) is 44.9 Å². The smallest absolute Gasteiger partial charge is 0.329 e. The van der Waals surface area contributed by atoms with E-state index in [1.165, 1.54) is 0 Å². The zero-order valence-corrected chi connectivity index (χ0v) is 12.9. The molecule has 1 heterocycles. The molecule has 3 fully saturated rings. The number of hydrogen-bond acceptors (Lipinski definition) is 5. The number of hydrogen-bond donors (Lipinski definition) is 1. The Morgan fingerprint density at radius 3 is 2.67 bits per heavy atom. The SMILES string of the molecule is CCOC(=O)C(COCC1CCOC1)(NC1CC1)C1CC1. The van der Waals surface area contributed by atoms with Gasteiger partial charge in [-0.1, -0.05) is 0 Å². The number of esters is 1. The molecule has 0 aromatic heterocycles. The van der Waals surface area contributed by atoms with Crippen LogP contribution >= 0.6 is 0 Å². The van der Waals surface area contributed by atoms with E-state index in [2.05, 4.69) is 5.32 Å². The van der Waals surface area contributed by atoms with E-state index in [9.17, 15) is 4.79 Å². The van der Waals surface area contributed by atoms with Crippen LogP contribution in [0.15, 0.2) is 0 Å². The number of nitrogens with one attached hydrogen (secondary N) is 1. The van der Waals surface area contributed by atoms with E-state index in [-0.39, 0.29) is 5.97 Å². The molecule has 3 aliphatic rings. The number of ether oxygens (including phenoxy) is 3. The molecule has 1 saturated heterocycles. The summed E-state index contributed by atoms with van der Waals surface area (Å²) < 4.78 is 16.7. The minimum Gasteiger partial charge on any atom is -0.465 e. The highest BCUT2D eigenvalue weighted by molar-refractivity contribution is 5.82. The average Bonchev–Trinajstić information content (AvgIpc) is 3.39. The van der Waals surface area contributed by atoms with Crippen LogP contribution in [-0.2, 0) is 19.0 Å². The Hall–Kier alpha value is -0.650. The third-order valence-electron chi connectivity index (χ3n) is 4.66. The summed E-state index contributed by atoms with van der Waals surface area (Å²) in [5.74, 6) is 0.726. The summed E-state index contributed by atoms with van der Waals surface area (Å²) in [6, 6.07) is 0.466. The summed E-state index contributed by atoms with van der Waals surface area (Å²) in [6.45, 7) is 5.02. The largest absolute Gasteiger partial charge is 0.465 e. The molecule has 5 heteroatoms. The van der Waals surface area contributed by atoms with E-state index < -0.39 is 5.54 Å². The highest BCUT2D eigenvalue weighted by atomic mass is 16.5. The summed E-state index contributed by atoms with van der Waals surface area (Å²) in [5, 5.41) is 3.55. The first-order chi connectivity index (χ1) is 10.2. The van der Waals surface area contributed by atoms with Gasteiger partial charge in [0.2, 0.25) is 0 Å². The van der Waals surface area contributed by atoms with Crippen LogP contribution in [0.3, 0.4) is 0 Å². The van der Waals surface area contributed by atoms with E-state index in [4.69, 9.17) is 14.2 Å². The lowest BCUT2D eigenvalue weighted by atomic mass is 9.93. The van der Waals surface area contributed by atoms with Crippen molar-refractivity contribution in [3.05, 3.63) is 0 Å². The fraction of sp³-hybridized carbons (Fsp3) is 0.938. The first-order valence-electron chi connectivity index (χ1n) is 8.35. The van der Waals surface area contributed by atoms with Crippen molar-refractivity contribution in [3.63, 3.8) is 0 Å². The standard InChI is InChI=1S/C16H27NO4/c1-2-21-15(18)16(13-3-4-13,17-14-5-6-14)11-20-10-12-7-8-19-9-12/h12-14,17H,2-11H2,1H3.